The molecule has 4 nitrogen and oxygen atoms in total. The highest BCUT2D eigenvalue weighted by molar-refractivity contribution is 5.82. The molecule has 1 unspecified atom stereocenters. The Bertz CT molecular complexity index is 411. The van der Waals surface area contributed by atoms with Gasteiger partial charge in [-0.2, -0.15) is 0 Å². The van der Waals surface area contributed by atoms with Crippen molar-refractivity contribution in [1.29, 1.82) is 0 Å². The molecule has 1 atom stereocenters. The van der Waals surface area contributed by atoms with Gasteiger partial charge in [0.25, 0.3) is 0 Å². The molecule has 0 radical (unpaired) electrons. The lowest BCUT2D eigenvalue weighted by molar-refractivity contribution is -0.129. The van der Waals surface area contributed by atoms with Crippen LogP contribution in [0.25, 0.3) is 0 Å². The van der Waals surface area contributed by atoms with Crippen LogP contribution in [0, 0.1) is 12.3 Å². The van der Waals surface area contributed by atoms with Crippen LogP contribution >= 0.6 is 0 Å². The Kier molecular flexibility index (Phi) is 3.43. The summed E-state index contributed by atoms with van der Waals surface area (Å²) in [7, 11) is 0. The predicted octanol–water partition coefficient (Wildman–Crippen LogP) is 1.01. The van der Waals surface area contributed by atoms with Gasteiger partial charge < -0.3 is 10.6 Å². The van der Waals surface area contributed by atoms with Crippen molar-refractivity contribution < 1.29 is 4.79 Å². The minimum atomic E-state index is -0.254. The van der Waals surface area contributed by atoms with Crippen molar-refractivity contribution in [3.63, 3.8) is 0 Å². The summed E-state index contributed by atoms with van der Waals surface area (Å²) in [5, 5.41) is 6.23. The summed E-state index contributed by atoms with van der Waals surface area (Å²) in [5.41, 5.74) is 1.99. The van der Waals surface area contributed by atoms with Crippen molar-refractivity contribution in [3.05, 3.63) is 29.6 Å². The second-order valence-corrected chi connectivity index (χ2v) is 4.97. The third-order valence-electron chi connectivity index (χ3n) is 3.50. The third kappa shape index (κ3) is 2.64. The smallest absolute Gasteiger partial charge is 0.227 e. The number of hydrogen-bond acceptors (Lipinski definition) is 3. The van der Waals surface area contributed by atoms with Gasteiger partial charge in [0.2, 0.25) is 5.91 Å². The van der Waals surface area contributed by atoms with Gasteiger partial charge in [0.05, 0.1) is 5.41 Å². The molecule has 1 fully saturated rings. The first kappa shape index (κ1) is 12.0. The van der Waals surface area contributed by atoms with Crippen LogP contribution < -0.4 is 10.6 Å². The van der Waals surface area contributed by atoms with Gasteiger partial charge in [-0.15, -0.1) is 0 Å². The van der Waals surface area contributed by atoms with E-state index in [-0.39, 0.29) is 11.3 Å². The molecule has 1 aliphatic heterocycles. The SMILES string of the molecule is Cc1ccncc1CNC(=O)C1(C)CCNC1. The number of rotatable bonds is 3. The topological polar surface area (TPSA) is 54.0 Å². The summed E-state index contributed by atoms with van der Waals surface area (Å²) in [6.07, 6.45) is 4.48. The Balaban J connectivity index is 1.94. The molecular weight excluding hydrogens is 214 g/mol. The van der Waals surface area contributed by atoms with Crippen LogP contribution in [0.2, 0.25) is 0 Å². The quantitative estimate of drug-likeness (QED) is 0.819. The van der Waals surface area contributed by atoms with Gasteiger partial charge in [-0.05, 0) is 44.0 Å². The first-order chi connectivity index (χ1) is 8.12. The van der Waals surface area contributed by atoms with E-state index in [0.29, 0.717) is 6.54 Å². The summed E-state index contributed by atoms with van der Waals surface area (Å²) < 4.78 is 0. The van der Waals surface area contributed by atoms with E-state index in [0.717, 1.165) is 30.6 Å². The summed E-state index contributed by atoms with van der Waals surface area (Å²) >= 11 is 0. The van der Waals surface area contributed by atoms with Crippen molar-refractivity contribution in [2.24, 2.45) is 5.41 Å². The van der Waals surface area contributed by atoms with Crippen LogP contribution in [-0.4, -0.2) is 24.0 Å². The fourth-order valence-corrected chi connectivity index (χ4v) is 2.08. The molecule has 1 amide bonds. The number of aromatic nitrogens is 1. The lowest BCUT2D eigenvalue weighted by atomic mass is 9.89. The molecule has 1 aromatic rings. The van der Waals surface area contributed by atoms with Crippen molar-refractivity contribution in [2.45, 2.75) is 26.8 Å². The van der Waals surface area contributed by atoms with Gasteiger partial charge in [0.15, 0.2) is 0 Å². The lowest BCUT2D eigenvalue weighted by Gasteiger charge is -2.21. The second-order valence-electron chi connectivity index (χ2n) is 4.97. The number of carbonyl (C=O) groups is 1. The maximum absolute atomic E-state index is 12.1. The zero-order valence-electron chi connectivity index (χ0n) is 10.4. The zero-order chi connectivity index (χ0) is 12.3. The Morgan fingerprint density at radius 3 is 3.12 bits per heavy atom. The highest BCUT2D eigenvalue weighted by Gasteiger charge is 2.35. The molecular formula is C13H19N3O. The molecule has 2 rings (SSSR count). The van der Waals surface area contributed by atoms with Gasteiger partial charge in [0.1, 0.15) is 0 Å². The largest absolute Gasteiger partial charge is 0.351 e. The van der Waals surface area contributed by atoms with Crippen molar-refractivity contribution >= 4 is 5.91 Å². The molecule has 1 aromatic heterocycles. The van der Waals surface area contributed by atoms with Crippen LogP contribution in [0.5, 0.6) is 0 Å². The van der Waals surface area contributed by atoms with Crippen LogP contribution in [-0.2, 0) is 11.3 Å². The minimum Gasteiger partial charge on any atom is -0.351 e. The molecule has 2 heterocycles. The van der Waals surface area contributed by atoms with Crippen molar-refractivity contribution in [1.82, 2.24) is 15.6 Å². The predicted molar refractivity (Wildman–Crippen MR) is 66.4 cm³/mol. The average Bonchev–Trinajstić information content (AvgIpc) is 2.76. The maximum Gasteiger partial charge on any atom is 0.227 e. The number of pyridine rings is 1. The minimum absolute atomic E-state index is 0.130. The highest BCUT2D eigenvalue weighted by Crippen LogP contribution is 2.24. The van der Waals surface area contributed by atoms with Crippen LogP contribution in [0.15, 0.2) is 18.5 Å². The van der Waals surface area contributed by atoms with Gasteiger partial charge in [-0.1, -0.05) is 0 Å². The molecule has 2 N–H and O–H groups in total. The average molecular weight is 233 g/mol. The lowest BCUT2D eigenvalue weighted by Crippen LogP contribution is -2.40. The number of nitrogens with one attached hydrogen (secondary N) is 2. The Hall–Kier alpha value is -1.42. The number of amides is 1. The third-order valence-corrected chi connectivity index (χ3v) is 3.50. The van der Waals surface area contributed by atoms with E-state index in [2.05, 4.69) is 15.6 Å². The molecule has 92 valence electrons. The maximum atomic E-state index is 12.1. The monoisotopic (exact) mass is 233 g/mol. The molecule has 0 bridgehead atoms. The van der Waals surface area contributed by atoms with E-state index in [1.54, 1.807) is 6.20 Å². The normalized spacial score (nSPS) is 23.6. The fraction of sp³-hybridized carbons (Fsp3) is 0.538. The summed E-state index contributed by atoms with van der Waals surface area (Å²) in [4.78, 5) is 16.2. The Morgan fingerprint density at radius 1 is 1.65 bits per heavy atom. The number of aryl methyl sites for hydroxylation is 1. The van der Waals surface area contributed by atoms with E-state index in [1.165, 1.54) is 0 Å². The highest BCUT2D eigenvalue weighted by atomic mass is 16.2. The van der Waals surface area contributed by atoms with Crippen molar-refractivity contribution in [3.8, 4) is 0 Å². The van der Waals surface area contributed by atoms with E-state index < -0.39 is 0 Å². The first-order valence-corrected chi connectivity index (χ1v) is 6.00. The molecule has 0 aromatic carbocycles. The second kappa shape index (κ2) is 4.84. The fourth-order valence-electron chi connectivity index (χ4n) is 2.08. The molecule has 1 saturated heterocycles. The molecule has 4 heteroatoms. The van der Waals surface area contributed by atoms with Gasteiger partial charge in [-0.3, -0.25) is 9.78 Å². The van der Waals surface area contributed by atoms with Crippen LogP contribution in [0.3, 0.4) is 0 Å². The summed E-state index contributed by atoms with van der Waals surface area (Å²) in [6.45, 7) is 6.30. The van der Waals surface area contributed by atoms with Gasteiger partial charge in [-0.25, -0.2) is 0 Å². The summed E-state index contributed by atoms with van der Waals surface area (Å²) in [5.74, 6) is 0.130. The number of carbonyl (C=O) groups excluding carboxylic acids is 1. The van der Waals surface area contributed by atoms with E-state index in [4.69, 9.17) is 0 Å². The number of nitrogens with zero attached hydrogens (tertiary/aromatic N) is 1. The van der Waals surface area contributed by atoms with Crippen LogP contribution in [0.4, 0.5) is 0 Å². The van der Waals surface area contributed by atoms with Gasteiger partial charge in [0, 0.05) is 25.5 Å². The number of hydrogen-bond donors (Lipinski definition) is 2. The first-order valence-electron chi connectivity index (χ1n) is 6.00. The Morgan fingerprint density at radius 2 is 2.47 bits per heavy atom. The molecule has 0 saturated carbocycles. The molecule has 0 aliphatic carbocycles. The van der Waals surface area contributed by atoms with Crippen molar-refractivity contribution in [2.75, 3.05) is 13.1 Å². The van der Waals surface area contributed by atoms with Crippen LogP contribution in [0.1, 0.15) is 24.5 Å². The zero-order valence-corrected chi connectivity index (χ0v) is 10.4. The molecule has 17 heavy (non-hydrogen) atoms. The van der Waals surface area contributed by atoms with E-state index in [9.17, 15) is 4.79 Å². The molecule has 1 aliphatic rings. The Labute approximate surface area is 102 Å². The van der Waals surface area contributed by atoms with E-state index in [1.807, 2.05) is 26.1 Å². The molecule has 0 spiro atoms. The summed E-state index contributed by atoms with van der Waals surface area (Å²) in [6, 6.07) is 1.96. The van der Waals surface area contributed by atoms with Gasteiger partial charge >= 0.3 is 0 Å². The standard InChI is InChI=1S/C13H19N3O/c1-10-3-5-14-7-11(10)8-16-12(17)13(2)4-6-15-9-13/h3,5,7,15H,4,6,8-9H2,1-2H3,(H,16,17). The van der Waals surface area contributed by atoms with E-state index >= 15 is 0 Å².